The number of nitrogens with zero attached hydrogens (tertiary/aromatic N) is 1. The molecule has 3 atom stereocenters. The molecule has 2 fully saturated rings. The monoisotopic (exact) mass is 235 g/mol. The highest BCUT2D eigenvalue weighted by Gasteiger charge is 2.76. The van der Waals surface area contributed by atoms with Crippen molar-refractivity contribution in [3.63, 3.8) is 0 Å². The Morgan fingerprint density at radius 3 is 2.44 bits per heavy atom. The van der Waals surface area contributed by atoms with Crippen molar-refractivity contribution in [2.24, 2.45) is 11.8 Å². The molecule has 0 spiro atoms. The molecule has 1 N–H and O–H groups in total. The van der Waals surface area contributed by atoms with Crippen molar-refractivity contribution in [2.75, 3.05) is 6.54 Å². The molecule has 16 heavy (non-hydrogen) atoms. The first-order chi connectivity index (χ1) is 7.14. The smallest absolute Gasteiger partial charge is 0.412 e. The van der Waals surface area contributed by atoms with E-state index in [2.05, 4.69) is 0 Å². The lowest BCUT2D eigenvalue weighted by Crippen LogP contribution is -2.44. The number of carbonyl (C=O) groups excluding carboxylic acids is 1. The lowest BCUT2D eigenvalue weighted by molar-refractivity contribution is -0.0578. The average Bonchev–Trinajstić information content (AvgIpc) is 2.45. The van der Waals surface area contributed by atoms with Gasteiger partial charge in [0.1, 0.15) is 11.8 Å². The highest BCUT2D eigenvalue weighted by Crippen LogP contribution is 2.61. The molecule has 3 unspecified atom stereocenters. The molecule has 1 aliphatic carbocycles. The third-order valence-corrected chi connectivity index (χ3v) is 2.93. The van der Waals surface area contributed by atoms with E-state index in [1.54, 1.807) is 20.8 Å². The number of amides is 1. The van der Waals surface area contributed by atoms with Crippen molar-refractivity contribution in [2.45, 2.75) is 38.5 Å². The Labute approximate surface area is 92.2 Å². The van der Waals surface area contributed by atoms with Crippen molar-refractivity contribution in [3.8, 4) is 0 Å². The molecule has 0 aromatic heterocycles. The number of aliphatic hydroxyl groups excluding tert-OH is 1. The second-order valence-corrected chi connectivity index (χ2v) is 5.35. The van der Waals surface area contributed by atoms with Gasteiger partial charge in [0.05, 0.1) is 11.8 Å². The van der Waals surface area contributed by atoms with Crippen LogP contribution < -0.4 is 0 Å². The van der Waals surface area contributed by atoms with Crippen molar-refractivity contribution >= 4 is 6.09 Å². The molecule has 2 aliphatic rings. The van der Waals surface area contributed by atoms with Gasteiger partial charge in [-0.05, 0) is 20.8 Å². The van der Waals surface area contributed by atoms with E-state index >= 15 is 0 Å². The van der Waals surface area contributed by atoms with Crippen LogP contribution in [0.3, 0.4) is 0 Å². The van der Waals surface area contributed by atoms with Crippen LogP contribution in [0.2, 0.25) is 0 Å². The topological polar surface area (TPSA) is 49.8 Å². The summed E-state index contributed by atoms with van der Waals surface area (Å²) in [5.74, 6) is -4.84. The second kappa shape index (κ2) is 3.06. The highest BCUT2D eigenvalue weighted by atomic mass is 19.3. The summed E-state index contributed by atoms with van der Waals surface area (Å²) in [6.07, 6.45) is -2.15. The van der Waals surface area contributed by atoms with Gasteiger partial charge in [0.25, 0.3) is 5.92 Å². The van der Waals surface area contributed by atoms with Gasteiger partial charge >= 0.3 is 6.09 Å². The third-order valence-electron chi connectivity index (χ3n) is 2.93. The number of fused-ring (bicyclic) bond motifs is 1. The summed E-state index contributed by atoms with van der Waals surface area (Å²) in [5, 5.41) is 9.55. The largest absolute Gasteiger partial charge is 0.444 e. The van der Waals surface area contributed by atoms with Gasteiger partial charge in [-0.25, -0.2) is 13.6 Å². The minimum atomic E-state index is -2.82. The molecule has 0 bridgehead atoms. The lowest BCUT2D eigenvalue weighted by Gasteiger charge is -2.28. The van der Waals surface area contributed by atoms with Crippen molar-refractivity contribution in [3.05, 3.63) is 0 Å². The summed E-state index contributed by atoms with van der Waals surface area (Å²) in [5.41, 5.74) is -0.688. The summed E-state index contributed by atoms with van der Waals surface area (Å²) in [7, 11) is 0. The van der Waals surface area contributed by atoms with Crippen LogP contribution >= 0.6 is 0 Å². The molecular weight excluding hydrogens is 220 g/mol. The molecule has 92 valence electrons. The molecule has 1 saturated carbocycles. The zero-order valence-corrected chi connectivity index (χ0v) is 9.41. The maximum atomic E-state index is 12.9. The predicted octanol–water partition coefficient (Wildman–Crippen LogP) is 1.44. The maximum Gasteiger partial charge on any atom is 0.412 e. The Kier molecular flexibility index (Phi) is 2.21. The highest BCUT2D eigenvalue weighted by molar-refractivity contribution is 5.69. The van der Waals surface area contributed by atoms with Crippen LogP contribution in [0.15, 0.2) is 0 Å². The molecule has 4 nitrogen and oxygen atoms in total. The Bertz CT molecular complexity index is 327. The third kappa shape index (κ3) is 1.65. The summed E-state index contributed by atoms with van der Waals surface area (Å²) < 4.78 is 30.9. The SMILES string of the molecule is CC(C)(C)OC(=O)N1CC2C(C1O)C2(F)F. The number of hydrogen-bond donors (Lipinski definition) is 1. The van der Waals surface area contributed by atoms with Gasteiger partial charge in [-0.1, -0.05) is 0 Å². The van der Waals surface area contributed by atoms with E-state index in [0.29, 0.717) is 0 Å². The van der Waals surface area contributed by atoms with E-state index in [1.165, 1.54) is 0 Å². The molecular formula is C10H15F2NO3. The fraction of sp³-hybridized carbons (Fsp3) is 0.900. The number of halogens is 2. The van der Waals surface area contributed by atoms with E-state index in [9.17, 15) is 18.7 Å². The number of carbonyl (C=O) groups is 1. The average molecular weight is 235 g/mol. The van der Waals surface area contributed by atoms with Crippen LogP contribution in [-0.4, -0.2) is 40.4 Å². The maximum absolute atomic E-state index is 12.9. The lowest BCUT2D eigenvalue weighted by atomic mass is 10.2. The Balaban J connectivity index is 1.98. The molecule has 1 aliphatic heterocycles. The van der Waals surface area contributed by atoms with Crippen LogP contribution in [0.5, 0.6) is 0 Å². The number of hydrogen-bond acceptors (Lipinski definition) is 3. The zero-order chi connectivity index (χ0) is 12.3. The summed E-state index contributed by atoms with van der Waals surface area (Å²) in [6.45, 7) is 4.92. The van der Waals surface area contributed by atoms with E-state index in [0.717, 1.165) is 4.90 Å². The first kappa shape index (κ1) is 11.6. The summed E-state index contributed by atoms with van der Waals surface area (Å²) in [4.78, 5) is 12.5. The molecule has 6 heteroatoms. The van der Waals surface area contributed by atoms with Gasteiger partial charge in [0, 0.05) is 6.54 Å². The van der Waals surface area contributed by atoms with Gasteiger partial charge < -0.3 is 9.84 Å². The Morgan fingerprint density at radius 2 is 2.06 bits per heavy atom. The number of likely N-dealkylation sites (tertiary alicyclic amines) is 1. The first-order valence-corrected chi connectivity index (χ1v) is 5.20. The molecule has 0 radical (unpaired) electrons. The molecule has 0 aromatic carbocycles. The molecule has 1 heterocycles. The van der Waals surface area contributed by atoms with Crippen LogP contribution in [0, 0.1) is 11.8 Å². The normalized spacial score (nSPS) is 35.9. The molecule has 0 aromatic rings. The standard InChI is InChI=1S/C10H15F2NO3/c1-9(2,3)16-8(15)13-4-5-6(7(13)14)10(5,11)12/h5-7,14H,4H2,1-3H3. The number of aliphatic hydroxyl groups is 1. The van der Waals surface area contributed by atoms with Crippen molar-refractivity contribution < 1.29 is 23.4 Å². The van der Waals surface area contributed by atoms with Gasteiger partial charge in [-0.15, -0.1) is 0 Å². The predicted molar refractivity (Wildman–Crippen MR) is 50.9 cm³/mol. The number of ether oxygens (including phenoxy) is 1. The van der Waals surface area contributed by atoms with Gasteiger partial charge in [0.2, 0.25) is 0 Å². The molecule has 1 amide bonds. The zero-order valence-electron chi connectivity index (χ0n) is 9.41. The van der Waals surface area contributed by atoms with Gasteiger partial charge in [-0.2, -0.15) is 0 Å². The van der Waals surface area contributed by atoms with Gasteiger partial charge in [0.15, 0.2) is 0 Å². The number of piperidine rings is 1. The van der Waals surface area contributed by atoms with Crippen molar-refractivity contribution in [1.29, 1.82) is 0 Å². The quantitative estimate of drug-likeness (QED) is 0.691. The fourth-order valence-corrected chi connectivity index (χ4v) is 2.08. The van der Waals surface area contributed by atoms with Crippen LogP contribution in [-0.2, 0) is 4.74 Å². The summed E-state index contributed by atoms with van der Waals surface area (Å²) >= 11 is 0. The van der Waals surface area contributed by atoms with Crippen LogP contribution in [0.4, 0.5) is 13.6 Å². The molecule has 2 rings (SSSR count). The first-order valence-electron chi connectivity index (χ1n) is 5.20. The number of alkyl halides is 2. The minimum Gasteiger partial charge on any atom is -0.444 e. The van der Waals surface area contributed by atoms with E-state index in [4.69, 9.17) is 4.74 Å². The van der Waals surface area contributed by atoms with Crippen LogP contribution in [0.1, 0.15) is 20.8 Å². The van der Waals surface area contributed by atoms with E-state index < -0.39 is 35.7 Å². The second-order valence-electron chi connectivity index (χ2n) is 5.35. The van der Waals surface area contributed by atoms with E-state index in [1.807, 2.05) is 0 Å². The van der Waals surface area contributed by atoms with Crippen LogP contribution in [0.25, 0.3) is 0 Å². The Morgan fingerprint density at radius 1 is 1.50 bits per heavy atom. The Hall–Kier alpha value is -0.910. The number of rotatable bonds is 0. The van der Waals surface area contributed by atoms with Crippen molar-refractivity contribution in [1.82, 2.24) is 4.90 Å². The minimum absolute atomic E-state index is 0.131. The fourth-order valence-electron chi connectivity index (χ4n) is 2.08. The summed E-state index contributed by atoms with van der Waals surface area (Å²) in [6, 6.07) is 0. The van der Waals surface area contributed by atoms with E-state index in [-0.39, 0.29) is 6.54 Å². The molecule has 1 saturated heterocycles. The van der Waals surface area contributed by atoms with Gasteiger partial charge in [-0.3, -0.25) is 4.90 Å².